The van der Waals surface area contributed by atoms with Gasteiger partial charge >= 0.3 is 5.97 Å². The van der Waals surface area contributed by atoms with Crippen molar-refractivity contribution in [3.63, 3.8) is 0 Å². The van der Waals surface area contributed by atoms with Crippen molar-refractivity contribution in [2.45, 2.75) is 32.1 Å². The maximum absolute atomic E-state index is 12.3. The van der Waals surface area contributed by atoms with E-state index in [4.69, 9.17) is 0 Å². The molecule has 1 fully saturated rings. The Morgan fingerprint density at radius 3 is 2.50 bits per heavy atom. The average molecular weight is 275 g/mol. The average Bonchev–Trinajstić information content (AvgIpc) is 2.86. The summed E-state index contributed by atoms with van der Waals surface area (Å²) < 4.78 is 0. The van der Waals surface area contributed by atoms with Gasteiger partial charge in [-0.05, 0) is 24.8 Å². The number of nitrogens with zero attached hydrogens (tertiary/aromatic N) is 1. The monoisotopic (exact) mass is 275 g/mol. The highest BCUT2D eigenvalue weighted by Gasteiger charge is 2.39. The fraction of sp³-hybridized carbons (Fsp3) is 0.500. The van der Waals surface area contributed by atoms with Crippen LogP contribution in [0.25, 0.3) is 0 Å². The van der Waals surface area contributed by atoms with Crippen LogP contribution in [0.3, 0.4) is 0 Å². The standard InChI is InChI=1S/C16H21NO3/c1-12-8-9-17(11-12)14(18)10-16(2,15(19)20)13-6-4-3-5-7-13/h3-7,12H,8-11H2,1-2H3,(H,19,20). The SMILES string of the molecule is CC1CCN(C(=O)CC(C)(C(=O)O)c2ccccc2)C1. The van der Waals surface area contributed by atoms with Crippen LogP contribution < -0.4 is 0 Å². The van der Waals surface area contributed by atoms with Crippen LogP contribution in [0.4, 0.5) is 0 Å². The molecule has 0 radical (unpaired) electrons. The summed E-state index contributed by atoms with van der Waals surface area (Å²) in [5.74, 6) is -0.515. The Kier molecular flexibility index (Phi) is 4.12. The number of carboxylic acids is 1. The minimum absolute atomic E-state index is 0.0130. The first-order valence-corrected chi connectivity index (χ1v) is 7.00. The molecule has 4 heteroatoms. The first kappa shape index (κ1) is 14.6. The minimum Gasteiger partial charge on any atom is -0.481 e. The molecule has 2 unspecified atom stereocenters. The van der Waals surface area contributed by atoms with E-state index in [2.05, 4.69) is 6.92 Å². The van der Waals surface area contributed by atoms with E-state index in [9.17, 15) is 14.7 Å². The van der Waals surface area contributed by atoms with Crippen LogP contribution in [0.5, 0.6) is 0 Å². The van der Waals surface area contributed by atoms with Crippen LogP contribution in [-0.4, -0.2) is 35.0 Å². The molecule has 108 valence electrons. The van der Waals surface area contributed by atoms with Gasteiger partial charge in [0.25, 0.3) is 0 Å². The quantitative estimate of drug-likeness (QED) is 0.917. The van der Waals surface area contributed by atoms with E-state index in [1.165, 1.54) is 0 Å². The molecule has 4 nitrogen and oxygen atoms in total. The van der Waals surface area contributed by atoms with Crippen molar-refractivity contribution in [1.29, 1.82) is 0 Å². The van der Waals surface area contributed by atoms with E-state index in [0.717, 1.165) is 19.5 Å². The number of carbonyl (C=O) groups excluding carboxylic acids is 1. The highest BCUT2D eigenvalue weighted by atomic mass is 16.4. The summed E-state index contributed by atoms with van der Waals surface area (Å²) in [6.07, 6.45) is 1.01. The van der Waals surface area contributed by atoms with Crippen LogP contribution in [0.15, 0.2) is 30.3 Å². The highest BCUT2D eigenvalue weighted by molar-refractivity contribution is 5.89. The predicted octanol–water partition coefficient (Wildman–Crippen LogP) is 2.29. The van der Waals surface area contributed by atoms with Crippen molar-refractivity contribution in [3.05, 3.63) is 35.9 Å². The van der Waals surface area contributed by atoms with Gasteiger partial charge in [-0.25, -0.2) is 0 Å². The summed E-state index contributed by atoms with van der Waals surface area (Å²) in [7, 11) is 0. The molecular formula is C16H21NO3. The van der Waals surface area contributed by atoms with E-state index >= 15 is 0 Å². The molecule has 0 aliphatic carbocycles. The number of carbonyl (C=O) groups is 2. The minimum atomic E-state index is -1.16. The molecule has 20 heavy (non-hydrogen) atoms. The molecule has 2 atom stereocenters. The Morgan fingerprint density at radius 1 is 1.35 bits per heavy atom. The third-order valence-corrected chi connectivity index (χ3v) is 4.16. The lowest BCUT2D eigenvalue weighted by Gasteiger charge is -2.27. The van der Waals surface area contributed by atoms with Gasteiger partial charge in [-0.2, -0.15) is 0 Å². The maximum atomic E-state index is 12.3. The second-order valence-corrected chi connectivity index (χ2v) is 5.91. The van der Waals surface area contributed by atoms with Crippen LogP contribution in [0.1, 0.15) is 32.3 Å². The number of hydrogen-bond acceptors (Lipinski definition) is 2. The number of rotatable bonds is 4. The molecule has 1 aromatic carbocycles. The zero-order valence-corrected chi connectivity index (χ0v) is 12.0. The maximum Gasteiger partial charge on any atom is 0.314 e. The van der Waals surface area contributed by atoms with Crippen LogP contribution in [0, 0.1) is 5.92 Å². The molecule has 1 aliphatic heterocycles. The smallest absolute Gasteiger partial charge is 0.314 e. The molecule has 1 aliphatic rings. The molecule has 0 saturated carbocycles. The molecule has 0 spiro atoms. The summed E-state index contributed by atoms with van der Waals surface area (Å²) in [6, 6.07) is 9.00. The first-order chi connectivity index (χ1) is 9.43. The van der Waals surface area contributed by atoms with E-state index in [1.54, 1.807) is 36.1 Å². The Balaban J connectivity index is 2.18. The van der Waals surface area contributed by atoms with Gasteiger partial charge in [0, 0.05) is 19.5 Å². The van der Waals surface area contributed by atoms with E-state index < -0.39 is 11.4 Å². The van der Waals surface area contributed by atoms with Gasteiger partial charge < -0.3 is 10.0 Å². The second kappa shape index (κ2) is 5.65. The Bertz CT molecular complexity index is 500. The summed E-state index contributed by atoms with van der Waals surface area (Å²) >= 11 is 0. The summed E-state index contributed by atoms with van der Waals surface area (Å²) in [4.78, 5) is 25.8. The predicted molar refractivity (Wildman–Crippen MR) is 76.4 cm³/mol. The van der Waals surface area contributed by atoms with Crippen LogP contribution in [0.2, 0.25) is 0 Å². The number of benzene rings is 1. The normalized spacial score (nSPS) is 21.5. The highest BCUT2D eigenvalue weighted by Crippen LogP contribution is 2.30. The number of aliphatic carboxylic acids is 1. The van der Waals surface area contributed by atoms with Crippen molar-refractivity contribution in [3.8, 4) is 0 Å². The third kappa shape index (κ3) is 2.84. The van der Waals surface area contributed by atoms with Crippen LogP contribution >= 0.6 is 0 Å². The van der Waals surface area contributed by atoms with E-state index in [0.29, 0.717) is 11.5 Å². The van der Waals surface area contributed by atoms with Crippen molar-refractivity contribution >= 4 is 11.9 Å². The van der Waals surface area contributed by atoms with Crippen LogP contribution in [-0.2, 0) is 15.0 Å². The fourth-order valence-corrected chi connectivity index (χ4v) is 2.68. The van der Waals surface area contributed by atoms with Gasteiger partial charge in [0.15, 0.2) is 0 Å². The Labute approximate surface area is 119 Å². The Hall–Kier alpha value is -1.84. The lowest BCUT2D eigenvalue weighted by Crippen LogP contribution is -2.40. The molecule has 1 amide bonds. The molecule has 1 aromatic rings. The van der Waals surface area contributed by atoms with Gasteiger partial charge in [0.2, 0.25) is 5.91 Å². The molecular weight excluding hydrogens is 254 g/mol. The lowest BCUT2D eigenvalue weighted by molar-refractivity contribution is -0.147. The number of amides is 1. The molecule has 0 aromatic heterocycles. The molecule has 1 saturated heterocycles. The second-order valence-electron chi connectivity index (χ2n) is 5.91. The van der Waals surface area contributed by atoms with Crippen molar-refractivity contribution in [2.24, 2.45) is 5.92 Å². The first-order valence-electron chi connectivity index (χ1n) is 7.00. The van der Waals surface area contributed by atoms with Crippen molar-refractivity contribution < 1.29 is 14.7 Å². The van der Waals surface area contributed by atoms with Gasteiger partial charge in [-0.1, -0.05) is 37.3 Å². The topological polar surface area (TPSA) is 57.6 Å². The molecule has 2 rings (SSSR count). The molecule has 1 N–H and O–H groups in total. The van der Waals surface area contributed by atoms with Gasteiger partial charge in [-0.15, -0.1) is 0 Å². The number of carboxylic acid groups (broad SMARTS) is 1. The summed E-state index contributed by atoms with van der Waals surface area (Å²) in [5, 5.41) is 9.56. The molecule has 1 heterocycles. The van der Waals surface area contributed by atoms with Gasteiger partial charge in [0.1, 0.15) is 0 Å². The summed E-state index contributed by atoms with van der Waals surface area (Å²) in [6.45, 7) is 5.22. The summed E-state index contributed by atoms with van der Waals surface area (Å²) in [5.41, 5.74) is -0.488. The third-order valence-electron chi connectivity index (χ3n) is 4.16. The van der Waals surface area contributed by atoms with Crippen molar-refractivity contribution in [2.75, 3.05) is 13.1 Å². The van der Waals surface area contributed by atoms with Crippen molar-refractivity contribution in [1.82, 2.24) is 4.90 Å². The van der Waals surface area contributed by atoms with E-state index in [-0.39, 0.29) is 12.3 Å². The van der Waals surface area contributed by atoms with Gasteiger partial charge in [-0.3, -0.25) is 9.59 Å². The Morgan fingerprint density at radius 2 is 2.00 bits per heavy atom. The fourth-order valence-electron chi connectivity index (χ4n) is 2.68. The zero-order chi connectivity index (χ0) is 14.8. The van der Waals surface area contributed by atoms with Gasteiger partial charge in [0.05, 0.1) is 5.41 Å². The lowest BCUT2D eigenvalue weighted by atomic mass is 9.79. The largest absolute Gasteiger partial charge is 0.481 e. The zero-order valence-electron chi connectivity index (χ0n) is 12.0. The number of likely N-dealkylation sites (tertiary alicyclic amines) is 1. The molecule has 0 bridgehead atoms. The number of hydrogen-bond donors (Lipinski definition) is 1. The van der Waals surface area contributed by atoms with E-state index in [1.807, 2.05) is 6.07 Å².